The van der Waals surface area contributed by atoms with E-state index in [9.17, 15) is 23.6 Å². The van der Waals surface area contributed by atoms with E-state index in [-0.39, 0.29) is 29.7 Å². The van der Waals surface area contributed by atoms with E-state index < -0.39 is 17.8 Å². The summed E-state index contributed by atoms with van der Waals surface area (Å²) in [6.45, 7) is 1.71. The fourth-order valence-electron chi connectivity index (χ4n) is 4.24. The summed E-state index contributed by atoms with van der Waals surface area (Å²) in [4.78, 5) is 53.5. The third-order valence-corrected chi connectivity index (χ3v) is 5.98. The lowest BCUT2D eigenvalue weighted by Crippen LogP contribution is -3.19. The molecule has 2 aromatic rings. The lowest BCUT2D eigenvalue weighted by molar-refractivity contribution is -0.918. The quantitative estimate of drug-likeness (QED) is 0.545. The highest BCUT2D eigenvalue weighted by Crippen LogP contribution is 2.23. The van der Waals surface area contributed by atoms with Crippen LogP contribution in [-0.4, -0.2) is 67.9 Å². The fourth-order valence-corrected chi connectivity index (χ4v) is 4.24. The van der Waals surface area contributed by atoms with Gasteiger partial charge in [-0.05, 0) is 36.4 Å². The molecule has 2 saturated heterocycles. The van der Waals surface area contributed by atoms with Gasteiger partial charge >= 0.3 is 5.97 Å². The van der Waals surface area contributed by atoms with Crippen molar-refractivity contribution in [3.63, 3.8) is 0 Å². The van der Waals surface area contributed by atoms with Crippen LogP contribution in [0.1, 0.15) is 27.1 Å². The van der Waals surface area contributed by atoms with Gasteiger partial charge in [0.1, 0.15) is 5.82 Å². The molecule has 2 aliphatic heterocycles. The van der Waals surface area contributed by atoms with Crippen molar-refractivity contribution in [2.24, 2.45) is 0 Å². The van der Waals surface area contributed by atoms with Gasteiger partial charge < -0.3 is 14.5 Å². The summed E-state index contributed by atoms with van der Waals surface area (Å²) in [5.41, 5.74) is 0.765. The summed E-state index contributed by atoms with van der Waals surface area (Å²) < 4.78 is 18.6. The van der Waals surface area contributed by atoms with E-state index in [1.807, 2.05) is 0 Å². The van der Waals surface area contributed by atoms with Gasteiger partial charge in [-0.15, -0.1) is 0 Å². The number of rotatable bonds is 4. The number of quaternary nitrogens is 1. The number of methoxy groups -OCH3 is 1. The third kappa shape index (κ3) is 3.99. The van der Waals surface area contributed by atoms with Crippen molar-refractivity contribution < 1.29 is 33.2 Å². The zero-order chi connectivity index (χ0) is 22.8. The first-order valence-corrected chi connectivity index (χ1v) is 10.3. The minimum absolute atomic E-state index is 0.0321. The molecular weight excluding hydrogens is 417 g/mol. The van der Waals surface area contributed by atoms with E-state index in [0.717, 1.165) is 9.80 Å². The molecule has 0 unspecified atom stereocenters. The molecule has 2 heterocycles. The molecule has 0 aliphatic carbocycles. The molecule has 0 saturated carbocycles. The van der Waals surface area contributed by atoms with E-state index in [0.29, 0.717) is 37.4 Å². The smallest absolute Gasteiger partial charge is 0.337 e. The Morgan fingerprint density at radius 2 is 1.69 bits per heavy atom. The van der Waals surface area contributed by atoms with Crippen LogP contribution in [0.25, 0.3) is 0 Å². The molecular formula is C23H23FN3O5+. The molecule has 0 radical (unpaired) electrons. The summed E-state index contributed by atoms with van der Waals surface area (Å²) >= 11 is 0. The molecule has 4 rings (SSSR count). The van der Waals surface area contributed by atoms with Gasteiger partial charge in [-0.2, -0.15) is 0 Å². The second kappa shape index (κ2) is 8.88. The van der Waals surface area contributed by atoms with Gasteiger partial charge in [0.05, 0.1) is 56.5 Å². The van der Waals surface area contributed by atoms with E-state index in [1.54, 1.807) is 23.1 Å². The van der Waals surface area contributed by atoms with Gasteiger partial charge in [-0.25, -0.2) is 14.1 Å². The zero-order valence-electron chi connectivity index (χ0n) is 17.5. The van der Waals surface area contributed by atoms with E-state index >= 15 is 0 Å². The maximum atomic E-state index is 13.9. The number of amides is 3. The van der Waals surface area contributed by atoms with Crippen LogP contribution in [0, 0.1) is 5.82 Å². The first kappa shape index (κ1) is 21.6. The van der Waals surface area contributed by atoms with Crippen LogP contribution in [-0.2, 0) is 14.3 Å². The number of carbonyl (C=O) groups is 4. The number of nitrogens with zero attached hydrogens (tertiary/aromatic N) is 2. The zero-order valence-corrected chi connectivity index (χ0v) is 17.5. The highest BCUT2D eigenvalue weighted by molar-refractivity contribution is 6.22. The van der Waals surface area contributed by atoms with Crippen LogP contribution >= 0.6 is 0 Å². The number of benzene rings is 2. The topological polar surface area (TPSA) is 88.4 Å². The Hall–Kier alpha value is -3.59. The van der Waals surface area contributed by atoms with Gasteiger partial charge in [0, 0.05) is 0 Å². The molecule has 2 aliphatic rings. The van der Waals surface area contributed by atoms with Crippen LogP contribution in [0.4, 0.5) is 10.1 Å². The Labute approximate surface area is 184 Å². The monoisotopic (exact) mass is 440 g/mol. The first-order chi connectivity index (χ1) is 15.4. The van der Waals surface area contributed by atoms with Crippen molar-refractivity contribution in [1.82, 2.24) is 4.90 Å². The highest BCUT2D eigenvalue weighted by atomic mass is 19.1. The number of hydrogen-bond acceptors (Lipinski definition) is 5. The second-order valence-electron chi connectivity index (χ2n) is 7.79. The summed E-state index contributed by atoms with van der Waals surface area (Å²) in [6, 6.07) is 11.4. The summed E-state index contributed by atoms with van der Waals surface area (Å²) in [6.07, 6.45) is 0.0776. The number of carbonyl (C=O) groups excluding carboxylic acids is 4. The van der Waals surface area contributed by atoms with Gasteiger partial charge in [0.2, 0.25) is 5.91 Å². The van der Waals surface area contributed by atoms with Crippen LogP contribution in [0.2, 0.25) is 0 Å². The number of ether oxygens (including phenoxy) is 1. The van der Waals surface area contributed by atoms with E-state index in [4.69, 9.17) is 0 Å². The normalized spacial score (nSPS) is 19.4. The first-order valence-electron chi connectivity index (χ1n) is 10.3. The number of imide groups is 1. The summed E-state index contributed by atoms with van der Waals surface area (Å²) in [5.74, 6) is -2.03. The molecule has 3 amide bonds. The maximum Gasteiger partial charge on any atom is 0.337 e. The molecule has 2 fully saturated rings. The van der Waals surface area contributed by atoms with Gasteiger partial charge in [-0.3, -0.25) is 14.4 Å². The Bertz CT molecular complexity index is 1060. The molecule has 0 bridgehead atoms. The largest absolute Gasteiger partial charge is 0.465 e. The van der Waals surface area contributed by atoms with Crippen molar-refractivity contribution in [3.05, 3.63) is 65.5 Å². The number of nitrogens with one attached hydrogen (secondary N) is 1. The fraction of sp³-hybridized carbons (Fsp3) is 0.304. The lowest BCUT2D eigenvalue weighted by atomic mass is 10.1. The Kier molecular flexibility index (Phi) is 6.00. The molecule has 0 spiro atoms. The SMILES string of the molecule is COC(=O)c1ccc(N2C(=O)C[C@@H]([NH+]3CCN(C(=O)c4ccccc4F)CC3)C2=O)cc1. The molecule has 9 heteroatoms. The molecule has 8 nitrogen and oxygen atoms in total. The average Bonchev–Trinajstić information content (AvgIpc) is 3.12. The minimum atomic E-state index is -0.558. The third-order valence-electron chi connectivity index (χ3n) is 5.98. The predicted octanol–water partition coefficient (Wildman–Crippen LogP) is 0.285. The lowest BCUT2D eigenvalue weighted by Gasteiger charge is -2.34. The number of piperazine rings is 1. The number of esters is 1. The molecule has 0 aromatic heterocycles. The summed E-state index contributed by atoms with van der Waals surface area (Å²) in [7, 11) is 1.28. The van der Waals surface area contributed by atoms with Crippen molar-refractivity contribution in [2.45, 2.75) is 12.5 Å². The average molecular weight is 440 g/mol. The van der Waals surface area contributed by atoms with Gasteiger partial charge in [0.25, 0.3) is 11.8 Å². The van der Waals surface area contributed by atoms with Crippen LogP contribution in [0.3, 0.4) is 0 Å². The highest BCUT2D eigenvalue weighted by Gasteiger charge is 2.46. The van der Waals surface area contributed by atoms with Crippen molar-refractivity contribution in [3.8, 4) is 0 Å². The molecule has 2 aromatic carbocycles. The van der Waals surface area contributed by atoms with E-state index in [2.05, 4.69) is 4.74 Å². The standard InChI is InChI=1S/C23H22FN3O5/c1-32-23(31)15-6-8-16(9-7-15)27-20(28)14-19(22(27)30)25-10-12-26(13-11-25)21(29)17-4-2-3-5-18(17)24/h2-9,19H,10-14H2,1H3/p+1/t19-/m1/s1. The molecule has 1 N–H and O–H groups in total. The summed E-state index contributed by atoms with van der Waals surface area (Å²) in [5, 5.41) is 0. The maximum absolute atomic E-state index is 13.9. The molecule has 1 atom stereocenters. The number of halogens is 1. The van der Waals surface area contributed by atoms with E-state index in [1.165, 1.54) is 37.4 Å². The van der Waals surface area contributed by atoms with Crippen LogP contribution in [0.15, 0.2) is 48.5 Å². The molecule has 166 valence electrons. The van der Waals surface area contributed by atoms with Crippen LogP contribution in [0.5, 0.6) is 0 Å². The van der Waals surface area contributed by atoms with Gasteiger partial charge in [-0.1, -0.05) is 12.1 Å². The predicted molar refractivity (Wildman–Crippen MR) is 112 cm³/mol. The van der Waals surface area contributed by atoms with Crippen molar-refractivity contribution >= 4 is 29.4 Å². The van der Waals surface area contributed by atoms with Gasteiger partial charge in [0.15, 0.2) is 6.04 Å². The van der Waals surface area contributed by atoms with Crippen molar-refractivity contribution in [2.75, 3.05) is 38.2 Å². The molecule has 32 heavy (non-hydrogen) atoms. The minimum Gasteiger partial charge on any atom is -0.465 e. The van der Waals surface area contributed by atoms with Crippen molar-refractivity contribution in [1.29, 1.82) is 0 Å². The van der Waals surface area contributed by atoms with Crippen LogP contribution < -0.4 is 9.80 Å². The number of anilines is 1. The Morgan fingerprint density at radius 3 is 2.31 bits per heavy atom. The Balaban J connectivity index is 1.41. The Morgan fingerprint density at radius 1 is 1.03 bits per heavy atom. The second-order valence-corrected chi connectivity index (χ2v) is 7.79. The number of hydrogen-bond donors (Lipinski definition) is 1.